The first-order chi connectivity index (χ1) is 32.4. The molecule has 0 radical (unpaired) electrons. The van der Waals surface area contributed by atoms with Crippen LogP contribution in [0.3, 0.4) is 0 Å². The summed E-state index contributed by atoms with van der Waals surface area (Å²) in [6.45, 7) is 0. The van der Waals surface area contributed by atoms with Crippen LogP contribution in [0.25, 0.3) is 0 Å². The van der Waals surface area contributed by atoms with Crippen molar-refractivity contribution in [2.75, 3.05) is 0 Å². The molecule has 0 saturated heterocycles. The number of allylic oxidation sites excluding steroid dienone is 8. The number of hydrogen-bond donors (Lipinski definition) is 0. The number of hydrogen-bond acceptors (Lipinski definition) is 8. The Kier molecular flexibility index (Phi) is 21.4. The number of ketones is 8. The molecule has 12 aliphatic rings. The molecule has 12 rings (SSSR count). The normalized spacial score (nSPS) is 36.4. The quantitative estimate of drug-likeness (QED) is 0.219. The molecule has 0 heterocycles. The summed E-state index contributed by atoms with van der Waals surface area (Å²) in [6.07, 6.45) is 48.5. The van der Waals surface area contributed by atoms with Gasteiger partial charge < -0.3 is 0 Å². The van der Waals surface area contributed by atoms with Crippen molar-refractivity contribution < 1.29 is 38.4 Å². The van der Waals surface area contributed by atoms with Gasteiger partial charge in [0.25, 0.3) is 0 Å². The third-order valence-corrected chi connectivity index (χ3v) is 17.5. The molecule has 8 nitrogen and oxygen atoms in total. The van der Waals surface area contributed by atoms with Crippen molar-refractivity contribution in [1.82, 2.24) is 0 Å². The van der Waals surface area contributed by atoms with Gasteiger partial charge in [-0.1, -0.05) is 56.0 Å². The Morgan fingerprint density at radius 2 is 0.574 bits per heavy atom. The average Bonchev–Trinajstić information content (AvgIpc) is 3.50. The van der Waals surface area contributed by atoms with Gasteiger partial charge in [-0.25, -0.2) is 0 Å². The fourth-order valence-corrected chi connectivity index (χ4v) is 13.9. The first-order valence-electron chi connectivity index (χ1n) is 27.2. The minimum absolute atomic E-state index is 0. The highest BCUT2D eigenvalue weighted by Gasteiger charge is 2.40. The van der Waals surface area contributed by atoms with Crippen LogP contribution in [0.1, 0.15) is 206 Å². The van der Waals surface area contributed by atoms with Crippen LogP contribution in [0.15, 0.2) is 48.6 Å². The monoisotopic (exact) mass is 935 g/mol. The van der Waals surface area contributed by atoms with Crippen LogP contribution in [-0.4, -0.2) is 46.3 Å². The third-order valence-electron chi connectivity index (χ3n) is 17.5. The van der Waals surface area contributed by atoms with Crippen molar-refractivity contribution >= 4 is 46.3 Å². The van der Waals surface area contributed by atoms with Gasteiger partial charge in [-0.3, -0.25) is 38.4 Å². The third kappa shape index (κ3) is 17.3. The van der Waals surface area contributed by atoms with Crippen LogP contribution < -0.4 is 0 Å². The lowest BCUT2D eigenvalue weighted by atomic mass is 9.70. The van der Waals surface area contributed by atoms with Crippen LogP contribution in [0, 0.1) is 71.0 Å². The molecule has 0 aliphatic heterocycles. The highest BCUT2D eigenvalue weighted by atomic mass is 16.2. The highest BCUT2D eigenvalue weighted by molar-refractivity contribution is 5.88. The molecule has 0 aromatic heterocycles. The number of Topliss-reactive ketones (excluding diaryl/α,β-unsaturated/α-hetero) is 8. The van der Waals surface area contributed by atoms with E-state index in [1.807, 2.05) is 0 Å². The molecule has 6 bridgehead atoms. The maximum absolute atomic E-state index is 11.3. The van der Waals surface area contributed by atoms with E-state index < -0.39 is 0 Å². The van der Waals surface area contributed by atoms with Crippen molar-refractivity contribution in [1.29, 1.82) is 0 Å². The first-order valence-corrected chi connectivity index (χ1v) is 27.2. The van der Waals surface area contributed by atoms with E-state index in [4.69, 9.17) is 0 Å². The van der Waals surface area contributed by atoms with Crippen molar-refractivity contribution in [3.8, 4) is 0 Å². The number of carbonyl (C=O) groups excluding carboxylic acids is 8. The zero-order valence-corrected chi connectivity index (χ0v) is 40.7. The molecule has 0 aromatic carbocycles. The van der Waals surface area contributed by atoms with Gasteiger partial charge in [0, 0.05) is 103 Å². The van der Waals surface area contributed by atoms with E-state index in [9.17, 15) is 38.4 Å². The molecule has 8 saturated carbocycles. The van der Waals surface area contributed by atoms with Crippen molar-refractivity contribution in [2.45, 2.75) is 206 Å². The van der Waals surface area contributed by atoms with Crippen LogP contribution in [0.4, 0.5) is 0 Å². The van der Waals surface area contributed by atoms with Gasteiger partial charge in [0.05, 0.1) is 0 Å². The Hall–Kier alpha value is -3.68. The van der Waals surface area contributed by atoms with Gasteiger partial charge >= 0.3 is 0 Å². The second-order valence-electron chi connectivity index (χ2n) is 23.1. The highest BCUT2D eigenvalue weighted by Crippen LogP contribution is 2.41. The Morgan fingerprint density at radius 1 is 0.279 bits per heavy atom. The molecule has 8 heteroatoms. The maximum atomic E-state index is 11.3. The lowest BCUT2D eigenvalue weighted by molar-refractivity contribution is -0.130. The molecule has 6 unspecified atom stereocenters. The van der Waals surface area contributed by atoms with Gasteiger partial charge in [0.15, 0.2) is 0 Å². The Bertz CT molecular complexity index is 1720. The standard InChI is InChI=1S/C11H16O2.C11H16.C10H14O2.C10H14.C9H12O2.C8H10O2.CH4/c12-10-3-1-8-5-9(7-10)2-4-11(13)6-8;1-2-6-11-8-4-3-7-10(5-1)9-11;11-9-3-1-7-5-10(12)4-2-8(7)6-9;1-2-6-10-8-4-3-7-9(10)5-1;10-8-2-6-1-7(4-8)5-9(11)3-6;9-7-1-5-2-8(10)4-6(5)3-7;/h8-9H,1-7H2;1-4,10-11H,5-9H2;7-8H,1-6H2;1,4-5,8-10H,2-3,6-7H2;6-7H,1-5H2;5-6H,1-4H2;1H4. The minimum Gasteiger partial charge on any atom is -0.300 e. The first kappa shape index (κ1) is 53.7. The molecule has 0 N–H and O–H groups in total. The van der Waals surface area contributed by atoms with Crippen LogP contribution in [-0.2, 0) is 38.4 Å². The zero-order valence-electron chi connectivity index (χ0n) is 40.7. The molecule has 68 heavy (non-hydrogen) atoms. The van der Waals surface area contributed by atoms with E-state index in [1.54, 1.807) is 0 Å². The summed E-state index contributed by atoms with van der Waals surface area (Å²) in [5, 5.41) is 0. The lowest BCUT2D eigenvalue weighted by Gasteiger charge is -2.33. The second kappa shape index (κ2) is 27.1. The van der Waals surface area contributed by atoms with Crippen LogP contribution in [0.5, 0.6) is 0 Å². The summed E-state index contributed by atoms with van der Waals surface area (Å²) >= 11 is 0. The number of fused-ring (bicyclic) bond motifs is 9. The lowest BCUT2D eigenvalue weighted by Crippen LogP contribution is -2.31. The van der Waals surface area contributed by atoms with E-state index in [0.717, 1.165) is 87.9 Å². The molecule has 12 aliphatic carbocycles. The van der Waals surface area contributed by atoms with Crippen molar-refractivity contribution in [3.63, 3.8) is 0 Å². The van der Waals surface area contributed by atoms with E-state index in [1.165, 1.54) is 57.8 Å². The SMILES string of the molecule is C.C1=CC2CCC=CC2CC1.C1=CCC2CC=CCC(C1)C2.O=C1CC2CC(=O)CC(C1)C2.O=C1CC2CC(=O)CC2C1.O=C1CCC2CC(=O)CCC(C1)C2.O=C1CCC2CC(=O)CCC2C1. The zero-order chi connectivity index (χ0) is 47.1. The summed E-state index contributed by atoms with van der Waals surface area (Å²) in [5.41, 5.74) is 0. The van der Waals surface area contributed by atoms with E-state index in [2.05, 4.69) is 48.6 Å². The van der Waals surface area contributed by atoms with Gasteiger partial charge in [-0.2, -0.15) is 0 Å². The predicted molar refractivity (Wildman–Crippen MR) is 268 cm³/mol. The number of rotatable bonds is 0. The summed E-state index contributed by atoms with van der Waals surface area (Å²) in [4.78, 5) is 88.7. The molecular formula is C60H86O8. The largest absolute Gasteiger partial charge is 0.300 e. The molecular weight excluding hydrogens is 849 g/mol. The van der Waals surface area contributed by atoms with Gasteiger partial charge in [0.2, 0.25) is 0 Å². The topological polar surface area (TPSA) is 137 Å². The molecule has 0 amide bonds. The van der Waals surface area contributed by atoms with Crippen LogP contribution >= 0.6 is 0 Å². The molecule has 6 atom stereocenters. The van der Waals surface area contributed by atoms with Gasteiger partial charge in [-0.05, 0) is 167 Å². The minimum atomic E-state index is 0. The maximum Gasteiger partial charge on any atom is 0.133 e. The van der Waals surface area contributed by atoms with E-state index in [0.29, 0.717) is 171 Å². The second-order valence-corrected chi connectivity index (χ2v) is 23.1. The Labute approximate surface area is 409 Å². The fraction of sp³-hybridized carbons (Fsp3) is 0.733. The molecule has 0 spiro atoms. The average molecular weight is 935 g/mol. The van der Waals surface area contributed by atoms with E-state index in [-0.39, 0.29) is 7.43 Å². The van der Waals surface area contributed by atoms with E-state index >= 15 is 0 Å². The molecule has 8 fully saturated rings. The predicted octanol–water partition coefficient (Wildman–Crippen LogP) is 13.0. The molecule has 0 aromatic rings. The Morgan fingerprint density at radius 3 is 0.971 bits per heavy atom. The van der Waals surface area contributed by atoms with Crippen molar-refractivity contribution in [2.24, 2.45) is 71.0 Å². The summed E-state index contributed by atoms with van der Waals surface area (Å²) in [6, 6.07) is 0. The fourth-order valence-electron chi connectivity index (χ4n) is 13.9. The van der Waals surface area contributed by atoms with Gasteiger partial charge in [-0.15, -0.1) is 0 Å². The van der Waals surface area contributed by atoms with Gasteiger partial charge in [0.1, 0.15) is 46.3 Å². The summed E-state index contributed by atoms with van der Waals surface area (Å²) in [5.74, 6) is 10.6. The smallest absolute Gasteiger partial charge is 0.133 e. The molecule has 374 valence electrons. The summed E-state index contributed by atoms with van der Waals surface area (Å²) < 4.78 is 0. The summed E-state index contributed by atoms with van der Waals surface area (Å²) in [7, 11) is 0. The number of carbonyl (C=O) groups is 8. The van der Waals surface area contributed by atoms with Crippen LogP contribution in [0.2, 0.25) is 0 Å². The van der Waals surface area contributed by atoms with Crippen molar-refractivity contribution in [3.05, 3.63) is 48.6 Å². The Balaban J connectivity index is 0.000000134.